The molecule has 3 nitrogen and oxygen atoms in total. The molecule has 4 heteroatoms. The number of anilines is 1. The maximum absolute atomic E-state index is 12.3. The van der Waals surface area contributed by atoms with E-state index in [0.29, 0.717) is 10.7 Å². The number of nitrogens with zero attached hydrogens (tertiary/aromatic N) is 1. The van der Waals surface area contributed by atoms with Crippen LogP contribution >= 0.6 is 11.3 Å². The molecule has 0 bridgehead atoms. The lowest BCUT2D eigenvalue weighted by atomic mass is 10.1. The normalized spacial score (nSPS) is 10.5. The van der Waals surface area contributed by atoms with Crippen LogP contribution in [0.3, 0.4) is 0 Å². The van der Waals surface area contributed by atoms with Crippen LogP contribution in [0.2, 0.25) is 0 Å². The zero-order valence-corrected chi connectivity index (χ0v) is 13.3. The van der Waals surface area contributed by atoms with E-state index in [9.17, 15) is 4.79 Å². The minimum absolute atomic E-state index is 0.128. The molecule has 1 N–H and O–H groups in total. The van der Waals surface area contributed by atoms with Crippen LogP contribution in [0.5, 0.6) is 0 Å². The average molecular weight is 308 g/mol. The lowest BCUT2D eigenvalue weighted by Crippen LogP contribution is -2.12. The molecule has 1 aromatic heterocycles. The first-order valence-electron chi connectivity index (χ1n) is 7.03. The Kier molecular flexibility index (Phi) is 4.02. The van der Waals surface area contributed by atoms with E-state index in [2.05, 4.69) is 10.3 Å². The quantitative estimate of drug-likeness (QED) is 0.763. The molecule has 0 aliphatic carbocycles. The fourth-order valence-electron chi connectivity index (χ4n) is 2.12. The van der Waals surface area contributed by atoms with E-state index in [-0.39, 0.29) is 5.91 Å². The molecule has 0 atom stereocenters. The van der Waals surface area contributed by atoms with Crippen LogP contribution in [0.25, 0.3) is 11.3 Å². The van der Waals surface area contributed by atoms with Crippen LogP contribution in [-0.4, -0.2) is 10.9 Å². The highest BCUT2D eigenvalue weighted by Gasteiger charge is 2.10. The van der Waals surface area contributed by atoms with E-state index < -0.39 is 0 Å². The van der Waals surface area contributed by atoms with Crippen molar-refractivity contribution < 1.29 is 4.79 Å². The number of hydrogen-bond donors (Lipinski definition) is 1. The van der Waals surface area contributed by atoms with Gasteiger partial charge in [0.1, 0.15) is 0 Å². The number of carbonyl (C=O) groups is 1. The Bertz CT molecular complexity index is 809. The van der Waals surface area contributed by atoms with Crippen LogP contribution in [0, 0.1) is 13.8 Å². The molecule has 0 saturated heterocycles. The molecule has 110 valence electrons. The van der Waals surface area contributed by atoms with Crippen molar-refractivity contribution in [2.45, 2.75) is 13.8 Å². The predicted octanol–water partition coefficient (Wildman–Crippen LogP) is 4.68. The van der Waals surface area contributed by atoms with Gasteiger partial charge in [0, 0.05) is 16.5 Å². The van der Waals surface area contributed by atoms with Crippen LogP contribution < -0.4 is 5.32 Å². The van der Waals surface area contributed by atoms with E-state index in [1.165, 1.54) is 16.9 Å². The summed E-state index contributed by atoms with van der Waals surface area (Å²) in [5, 5.41) is 5.43. The van der Waals surface area contributed by atoms with Gasteiger partial charge in [0.25, 0.3) is 5.91 Å². The third-order valence-corrected chi connectivity index (χ3v) is 4.32. The average Bonchev–Trinajstić information content (AvgIpc) is 2.99. The molecular weight excluding hydrogens is 292 g/mol. The largest absolute Gasteiger partial charge is 0.298 e. The van der Waals surface area contributed by atoms with E-state index in [4.69, 9.17) is 0 Å². The monoisotopic (exact) mass is 308 g/mol. The molecule has 3 rings (SSSR count). The number of nitrogens with one attached hydrogen (secondary N) is 1. The maximum Gasteiger partial charge on any atom is 0.257 e. The minimum Gasteiger partial charge on any atom is -0.298 e. The van der Waals surface area contributed by atoms with Crippen molar-refractivity contribution in [1.82, 2.24) is 4.98 Å². The van der Waals surface area contributed by atoms with Gasteiger partial charge in [0.15, 0.2) is 5.13 Å². The Morgan fingerprint density at radius 3 is 2.55 bits per heavy atom. The second-order valence-corrected chi connectivity index (χ2v) is 6.02. The molecule has 0 fully saturated rings. The van der Waals surface area contributed by atoms with E-state index >= 15 is 0 Å². The van der Waals surface area contributed by atoms with Gasteiger partial charge in [0.05, 0.1) is 5.69 Å². The van der Waals surface area contributed by atoms with Gasteiger partial charge in [-0.3, -0.25) is 10.1 Å². The van der Waals surface area contributed by atoms with Gasteiger partial charge in [-0.2, -0.15) is 0 Å². The number of amides is 1. The van der Waals surface area contributed by atoms with Gasteiger partial charge in [0.2, 0.25) is 0 Å². The fraction of sp³-hybridized carbons (Fsp3) is 0.111. The summed E-state index contributed by atoms with van der Waals surface area (Å²) in [6.07, 6.45) is 0. The molecule has 0 unspecified atom stereocenters. The Morgan fingerprint density at radius 1 is 1.05 bits per heavy atom. The first-order valence-corrected chi connectivity index (χ1v) is 7.91. The molecule has 22 heavy (non-hydrogen) atoms. The Labute approximate surface area is 133 Å². The number of benzene rings is 2. The lowest BCUT2D eigenvalue weighted by molar-refractivity contribution is 0.102. The van der Waals surface area contributed by atoms with Crippen LogP contribution in [0.15, 0.2) is 53.9 Å². The number of aromatic nitrogens is 1. The van der Waals surface area contributed by atoms with Gasteiger partial charge in [-0.25, -0.2) is 4.98 Å². The Balaban J connectivity index is 1.77. The number of rotatable bonds is 3. The highest BCUT2D eigenvalue weighted by Crippen LogP contribution is 2.25. The summed E-state index contributed by atoms with van der Waals surface area (Å²) in [5.41, 5.74) is 4.86. The van der Waals surface area contributed by atoms with Crippen molar-refractivity contribution >= 4 is 22.4 Å². The molecular formula is C18H16N2OS. The summed E-state index contributed by atoms with van der Waals surface area (Å²) in [5.74, 6) is -0.128. The summed E-state index contributed by atoms with van der Waals surface area (Å²) in [4.78, 5) is 16.8. The highest BCUT2D eigenvalue weighted by atomic mass is 32.1. The zero-order valence-electron chi connectivity index (χ0n) is 12.5. The topological polar surface area (TPSA) is 42.0 Å². The summed E-state index contributed by atoms with van der Waals surface area (Å²) in [6.45, 7) is 4.03. The molecule has 0 aliphatic heterocycles. The fourth-order valence-corrected chi connectivity index (χ4v) is 2.84. The minimum atomic E-state index is -0.128. The van der Waals surface area contributed by atoms with Gasteiger partial charge < -0.3 is 0 Å². The van der Waals surface area contributed by atoms with Crippen molar-refractivity contribution in [3.63, 3.8) is 0 Å². The third kappa shape index (κ3) is 3.07. The molecule has 0 spiro atoms. The predicted molar refractivity (Wildman–Crippen MR) is 91.4 cm³/mol. The first kappa shape index (κ1) is 14.5. The Morgan fingerprint density at radius 2 is 1.82 bits per heavy atom. The van der Waals surface area contributed by atoms with Gasteiger partial charge in [-0.1, -0.05) is 36.4 Å². The zero-order chi connectivity index (χ0) is 15.5. The van der Waals surface area contributed by atoms with Crippen LogP contribution in [-0.2, 0) is 0 Å². The SMILES string of the molecule is Cc1ccc(C(=O)Nc2nc(-c3ccccc3)cs2)cc1C. The number of aryl methyl sites for hydroxylation is 2. The van der Waals surface area contributed by atoms with Crippen molar-refractivity contribution in [1.29, 1.82) is 0 Å². The number of thiazole rings is 1. The molecule has 0 radical (unpaired) electrons. The third-order valence-electron chi connectivity index (χ3n) is 3.56. The van der Waals surface area contributed by atoms with Gasteiger partial charge in [-0.15, -0.1) is 11.3 Å². The van der Waals surface area contributed by atoms with Gasteiger partial charge in [-0.05, 0) is 37.1 Å². The molecule has 2 aromatic carbocycles. The summed E-state index contributed by atoms with van der Waals surface area (Å²) in [7, 11) is 0. The van der Waals surface area contributed by atoms with Crippen molar-refractivity contribution in [2.24, 2.45) is 0 Å². The number of hydrogen-bond acceptors (Lipinski definition) is 3. The van der Waals surface area contributed by atoms with E-state index in [1.807, 2.05) is 67.8 Å². The molecule has 3 aromatic rings. The molecule has 0 saturated carbocycles. The van der Waals surface area contributed by atoms with Crippen LogP contribution in [0.1, 0.15) is 21.5 Å². The smallest absolute Gasteiger partial charge is 0.257 e. The van der Waals surface area contributed by atoms with Crippen molar-refractivity contribution in [3.05, 3.63) is 70.6 Å². The summed E-state index contributed by atoms with van der Waals surface area (Å²) < 4.78 is 0. The second kappa shape index (κ2) is 6.12. The van der Waals surface area contributed by atoms with Gasteiger partial charge >= 0.3 is 0 Å². The van der Waals surface area contributed by atoms with E-state index in [0.717, 1.165) is 16.8 Å². The Hall–Kier alpha value is -2.46. The second-order valence-electron chi connectivity index (χ2n) is 5.16. The summed E-state index contributed by atoms with van der Waals surface area (Å²) >= 11 is 1.43. The standard InChI is InChI=1S/C18H16N2OS/c1-12-8-9-15(10-13(12)2)17(21)20-18-19-16(11-22-18)14-6-4-3-5-7-14/h3-11H,1-2H3,(H,19,20,21). The molecule has 0 aliphatic rings. The van der Waals surface area contributed by atoms with Crippen molar-refractivity contribution in [3.8, 4) is 11.3 Å². The highest BCUT2D eigenvalue weighted by molar-refractivity contribution is 7.14. The molecule has 1 amide bonds. The summed E-state index contributed by atoms with van der Waals surface area (Å²) in [6, 6.07) is 15.6. The maximum atomic E-state index is 12.3. The number of carbonyl (C=O) groups excluding carboxylic acids is 1. The molecule has 1 heterocycles. The van der Waals surface area contributed by atoms with Crippen LogP contribution in [0.4, 0.5) is 5.13 Å². The van der Waals surface area contributed by atoms with E-state index in [1.54, 1.807) is 0 Å². The lowest BCUT2D eigenvalue weighted by Gasteiger charge is -2.05. The first-order chi connectivity index (χ1) is 10.6. The van der Waals surface area contributed by atoms with Crippen molar-refractivity contribution in [2.75, 3.05) is 5.32 Å².